The lowest BCUT2D eigenvalue weighted by Gasteiger charge is -2.59. The van der Waals surface area contributed by atoms with Gasteiger partial charge in [-0.2, -0.15) is 0 Å². The van der Waals surface area contributed by atoms with Crippen molar-refractivity contribution in [3.8, 4) is 0 Å². The van der Waals surface area contributed by atoms with Crippen LogP contribution < -0.4 is 0 Å². The van der Waals surface area contributed by atoms with Crippen molar-refractivity contribution in [3.05, 3.63) is 11.6 Å². The van der Waals surface area contributed by atoms with Gasteiger partial charge in [-0.25, -0.2) is 0 Å². The summed E-state index contributed by atoms with van der Waals surface area (Å²) < 4.78 is 0. The molecule has 2 aliphatic carbocycles. The van der Waals surface area contributed by atoms with Crippen molar-refractivity contribution in [1.82, 2.24) is 0 Å². The standard InChI is InChI=1S/C20H34O4/c1-14(11-18(23)24)7-9-19(3)15(2)8-10-20(13-22)16(12-21)5-4-6-17(19)20/h5,14-15,17,21-22H,4,6-13H2,1-3H3,(H,23,24)/t14-,15-,17-,19+,20+/m1/s1. The van der Waals surface area contributed by atoms with Gasteiger partial charge in [0.1, 0.15) is 0 Å². The molecule has 0 aromatic heterocycles. The third-order valence-corrected chi connectivity index (χ3v) is 7.25. The fraction of sp³-hybridized carbons (Fsp3) is 0.850. The zero-order valence-electron chi connectivity index (χ0n) is 15.4. The van der Waals surface area contributed by atoms with E-state index < -0.39 is 5.97 Å². The lowest BCUT2D eigenvalue weighted by Crippen LogP contribution is -2.53. The third kappa shape index (κ3) is 3.41. The Hall–Kier alpha value is -0.870. The van der Waals surface area contributed by atoms with Crippen LogP contribution in [0.5, 0.6) is 0 Å². The largest absolute Gasteiger partial charge is 0.481 e. The van der Waals surface area contributed by atoms with Gasteiger partial charge in [0.2, 0.25) is 0 Å². The second-order valence-corrected chi connectivity index (χ2v) is 8.52. The van der Waals surface area contributed by atoms with Crippen molar-refractivity contribution in [2.75, 3.05) is 13.2 Å². The number of hydrogen-bond donors (Lipinski definition) is 3. The summed E-state index contributed by atoms with van der Waals surface area (Å²) in [6.45, 7) is 6.80. The molecule has 1 saturated carbocycles. The fourth-order valence-electron chi connectivity index (χ4n) is 5.46. The second kappa shape index (κ2) is 7.57. The smallest absolute Gasteiger partial charge is 0.303 e. The Bertz CT molecular complexity index is 486. The molecule has 3 N–H and O–H groups in total. The summed E-state index contributed by atoms with van der Waals surface area (Å²) >= 11 is 0. The Kier molecular flexibility index (Phi) is 6.14. The number of carboxylic acids is 1. The van der Waals surface area contributed by atoms with Gasteiger partial charge in [0.05, 0.1) is 13.2 Å². The highest BCUT2D eigenvalue weighted by atomic mass is 16.4. The van der Waals surface area contributed by atoms with Gasteiger partial charge in [0.15, 0.2) is 0 Å². The van der Waals surface area contributed by atoms with Gasteiger partial charge in [-0.05, 0) is 67.3 Å². The van der Waals surface area contributed by atoms with Crippen LogP contribution in [0.1, 0.15) is 65.7 Å². The van der Waals surface area contributed by atoms with Crippen LogP contribution in [0.25, 0.3) is 0 Å². The Balaban J connectivity index is 2.23. The van der Waals surface area contributed by atoms with Gasteiger partial charge < -0.3 is 15.3 Å². The average Bonchev–Trinajstić information content (AvgIpc) is 2.55. The van der Waals surface area contributed by atoms with Gasteiger partial charge >= 0.3 is 5.97 Å². The number of aliphatic hydroxyl groups excluding tert-OH is 2. The summed E-state index contributed by atoms with van der Waals surface area (Å²) in [4.78, 5) is 10.9. The predicted molar refractivity (Wildman–Crippen MR) is 94.6 cm³/mol. The number of allylic oxidation sites excluding steroid dienone is 1. The number of rotatable bonds is 7. The summed E-state index contributed by atoms with van der Waals surface area (Å²) in [5.74, 6) is 0.366. The molecule has 0 aliphatic heterocycles. The number of carboxylic acid groups (broad SMARTS) is 1. The Morgan fingerprint density at radius 3 is 2.67 bits per heavy atom. The van der Waals surface area contributed by atoms with Crippen molar-refractivity contribution < 1.29 is 20.1 Å². The minimum Gasteiger partial charge on any atom is -0.481 e. The van der Waals surface area contributed by atoms with Gasteiger partial charge in [-0.1, -0.05) is 26.8 Å². The van der Waals surface area contributed by atoms with Crippen LogP contribution in [0, 0.1) is 28.6 Å². The van der Waals surface area contributed by atoms with Crippen LogP contribution in [-0.4, -0.2) is 34.5 Å². The molecule has 24 heavy (non-hydrogen) atoms. The molecular weight excluding hydrogens is 304 g/mol. The SMILES string of the molecule is C[C@H](CC[C@@]1(C)[C@H](C)CC[C@]2(CO)C(CO)=CCC[C@@H]21)CC(=O)O. The molecule has 0 aromatic rings. The lowest BCUT2D eigenvalue weighted by atomic mass is 9.46. The van der Waals surface area contributed by atoms with E-state index in [1.165, 1.54) is 0 Å². The minimum absolute atomic E-state index is 0.0386. The van der Waals surface area contributed by atoms with Crippen LogP contribution >= 0.6 is 0 Å². The number of carbonyl (C=O) groups is 1. The number of aliphatic carboxylic acids is 1. The molecule has 0 spiro atoms. The minimum atomic E-state index is -0.725. The molecule has 0 amide bonds. The molecule has 5 atom stereocenters. The van der Waals surface area contributed by atoms with E-state index in [1.807, 2.05) is 6.92 Å². The number of fused-ring (bicyclic) bond motifs is 1. The van der Waals surface area contributed by atoms with E-state index in [9.17, 15) is 15.0 Å². The summed E-state index contributed by atoms with van der Waals surface area (Å²) in [6, 6.07) is 0. The Morgan fingerprint density at radius 1 is 1.38 bits per heavy atom. The molecular formula is C20H34O4. The number of aliphatic hydroxyl groups is 2. The topological polar surface area (TPSA) is 77.8 Å². The maximum atomic E-state index is 10.9. The first-order chi connectivity index (χ1) is 11.3. The van der Waals surface area contributed by atoms with Gasteiger partial charge in [0, 0.05) is 11.8 Å². The van der Waals surface area contributed by atoms with Crippen LogP contribution in [0.2, 0.25) is 0 Å². The van der Waals surface area contributed by atoms with Crippen molar-refractivity contribution in [2.45, 2.75) is 65.7 Å². The monoisotopic (exact) mass is 338 g/mol. The highest BCUT2D eigenvalue weighted by Gasteiger charge is 2.55. The van der Waals surface area contributed by atoms with E-state index in [0.29, 0.717) is 11.8 Å². The van der Waals surface area contributed by atoms with Crippen molar-refractivity contribution >= 4 is 5.97 Å². The highest BCUT2D eigenvalue weighted by molar-refractivity contribution is 5.66. The highest BCUT2D eigenvalue weighted by Crippen LogP contribution is 2.61. The first-order valence-corrected chi connectivity index (χ1v) is 9.43. The zero-order chi connectivity index (χ0) is 18.0. The van der Waals surface area contributed by atoms with E-state index in [4.69, 9.17) is 5.11 Å². The van der Waals surface area contributed by atoms with Crippen LogP contribution in [0.4, 0.5) is 0 Å². The first kappa shape index (κ1) is 19.5. The molecule has 2 aliphatic rings. The number of hydrogen-bond acceptors (Lipinski definition) is 3. The molecule has 2 rings (SSSR count). The molecule has 0 radical (unpaired) electrons. The van der Waals surface area contributed by atoms with Gasteiger partial charge in [0.25, 0.3) is 0 Å². The van der Waals surface area contributed by atoms with Crippen molar-refractivity contribution in [2.24, 2.45) is 28.6 Å². The quantitative estimate of drug-likeness (QED) is 0.620. The molecule has 0 aromatic carbocycles. The second-order valence-electron chi connectivity index (χ2n) is 8.52. The van der Waals surface area contributed by atoms with E-state index in [1.54, 1.807) is 0 Å². The van der Waals surface area contributed by atoms with Crippen molar-refractivity contribution in [3.63, 3.8) is 0 Å². The Labute approximate surface area is 146 Å². The normalized spacial score (nSPS) is 37.5. The van der Waals surface area contributed by atoms with Gasteiger partial charge in [-0.3, -0.25) is 4.79 Å². The maximum Gasteiger partial charge on any atom is 0.303 e. The van der Waals surface area contributed by atoms with E-state index in [-0.39, 0.29) is 36.4 Å². The summed E-state index contributed by atoms with van der Waals surface area (Å²) in [5.41, 5.74) is 0.838. The first-order valence-electron chi connectivity index (χ1n) is 9.43. The maximum absolute atomic E-state index is 10.9. The van der Waals surface area contributed by atoms with E-state index in [2.05, 4.69) is 19.9 Å². The van der Waals surface area contributed by atoms with Crippen LogP contribution in [0.3, 0.4) is 0 Å². The van der Waals surface area contributed by atoms with Crippen LogP contribution in [-0.2, 0) is 4.79 Å². The van der Waals surface area contributed by atoms with Crippen LogP contribution in [0.15, 0.2) is 11.6 Å². The molecule has 0 unspecified atom stereocenters. The summed E-state index contributed by atoms with van der Waals surface area (Å²) in [7, 11) is 0. The predicted octanol–water partition coefficient (Wildman–Crippen LogP) is 3.62. The fourth-order valence-corrected chi connectivity index (χ4v) is 5.46. The lowest BCUT2D eigenvalue weighted by molar-refractivity contribution is -0.138. The van der Waals surface area contributed by atoms with E-state index in [0.717, 1.165) is 44.1 Å². The summed E-state index contributed by atoms with van der Waals surface area (Å²) in [5, 5.41) is 29.1. The zero-order valence-corrected chi connectivity index (χ0v) is 15.4. The Morgan fingerprint density at radius 2 is 2.08 bits per heavy atom. The molecule has 4 nitrogen and oxygen atoms in total. The average molecular weight is 338 g/mol. The molecule has 1 fully saturated rings. The van der Waals surface area contributed by atoms with Gasteiger partial charge in [-0.15, -0.1) is 0 Å². The van der Waals surface area contributed by atoms with E-state index >= 15 is 0 Å². The molecule has 0 heterocycles. The molecule has 0 saturated heterocycles. The summed E-state index contributed by atoms with van der Waals surface area (Å²) in [6.07, 6.45) is 8.28. The third-order valence-electron chi connectivity index (χ3n) is 7.25. The molecule has 138 valence electrons. The molecule has 4 heteroatoms. The van der Waals surface area contributed by atoms with Crippen molar-refractivity contribution in [1.29, 1.82) is 0 Å². The molecule has 0 bridgehead atoms.